The Morgan fingerprint density at radius 3 is 2.75 bits per heavy atom. The van der Waals surface area contributed by atoms with Gasteiger partial charge >= 0.3 is 5.97 Å². The Balaban J connectivity index is 1.93. The Kier molecular flexibility index (Phi) is 4.29. The van der Waals surface area contributed by atoms with Gasteiger partial charge in [-0.1, -0.05) is 5.16 Å². The average Bonchev–Trinajstić information content (AvgIpc) is 2.84. The molecule has 2 heterocycles. The van der Waals surface area contributed by atoms with E-state index >= 15 is 0 Å². The highest BCUT2D eigenvalue weighted by Gasteiger charge is 2.10. The first-order valence-electron chi connectivity index (χ1n) is 6.19. The highest BCUT2D eigenvalue weighted by atomic mass is 16.5. The number of carbonyl (C=O) groups is 1. The summed E-state index contributed by atoms with van der Waals surface area (Å²) in [6.07, 6.45) is 0.611. The number of pyridine rings is 1. The van der Waals surface area contributed by atoms with E-state index < -0.39 is 0 Å². The van der Waals surface area contributed by atoms with Crippen LogP contribution in [0, 0.1) is 13.8 Å². The number of aromatic nitrogens is 3. The normalized spacial score (nSPS) is 10.3. The van der Waals surface area contributed by atoms with E-state index in [1.165, 1.54) is 7.11 Å². The maximum Gasteiger partial charge on any atom is 0.339 e. The van der Waals surface area contributed by atoms with Gasteiger partial charge in [0.1, 0.15) is 5.82 Å². The molecule has 0 amide bonds. The smallest absolute Gasteiger partial charge is 0.339 e. The van der Waals surface area contributed by atoms with Crippen LogP contribution in [0.15, 0.2) is 16.7 Å². The molecule has 2 aromatic rings. The Hall–Kier alpha value is -2.44. The number of nitrogens with zero attached hydrogens (tertiary/aromatic N) is 3. The van der Waals surface area contributed by atoms with Crippen molar-refractivity contribution in [3.05, 3.63) is 35.1 Å². The molecule has 1 N–H and O–H groups in total. The SMILES string of the molecule is COC(=O)c1ccc(NCCc2nc(C)no2)nc1C. The highest BCUT2D eigenvalue weighted by Crippen LogP contribution is 2.11. The summed E-state index contributed by atoms with van der Waals surface area (Å²) < 4.78 is 9.68. The van der Waals surface area contributed by atoms with Gasteiger partial charge in [-0.05, 0) is 26.0 Å². The van der Waals surface area contributed by atoms with Gasteiger partial charge in [-0.2, -0.15) is 4.98 Å². The molecular formula is C13H16N4O3. The van der Waals surface area contributed by atoms with Gasteiger partial charge in [0, 0.05) is 13.0 Å². The summed E-state index contributed by atoms with van der Waals surface area (Å²) >= 11 is 0. The van der Waals surface area contributed by atoms with Gasteiger partial charge in [0.25, 0.3) is 0 Å². The zero-order valence-electron chi connectivity index (χ0n) is 11.6. The zero-order valence-corrected chi connectivity index (χ0v) is 11.6. The number of anilines is 1. The molecule has 2 aromatic heterocycles. The van der Waals surface area contributed by atoms with E-state index in [0.717, 1.165) is 0 Å². The van der Waals surface area contributed by atoms with Crippen LogP contribution in [-0.4, -0.2) is 34.7 Å². The fourth-order valence-electron chi connectivity index (χ4n) is 1.72. The molecule has 0 aliphatic heterocycles. The molecule has 2 rings (SSSR count). The van der Waals surface area contributed by atoms with E-state index in [1.807, 2.05) is 0 Å². The van der Waals surface area contributed by atoms with Crippen LogP contribution >= 0.6 is 0 Å². The molecule has 0 saturated heterocycles. The molecular weight excluding hydrogens is 260 g/mol. The average molecular weight is 276 g/mol. The van der Waals surface area contributed by atoms with Crippen molar-refractivity contribution in [1.82, 2.24) is 15.1 Å². The molecule has 0 atom stereocenters. The minimum atomic E-state index is -0.386. The van der Waals surface area contributed by atoms with Crippen molar-refractivity contribution in [3.8, 4) is 0 Å². The van der Waals surface area contributed by atoms with Crippen LogP contribution in [0.4, 0.5) is 5.82 Å². The van der Waals surface area contributed by atoms with Crippen LogP contribution in [0.5, 0.6) is 0 Å². The number of hydrogen-bond donors (Lipinski definition) is 1. The van der Waals surface area contributed by atoms with Gasteiger partial charge in [-0.15, -0.1) is 0 Å². The number of methoxy groups -OCH3 is 1. The van der Waals surface area contributed by atoms with E-state index in [4.69, 9.17) is 4.52 Å². The summed E-state index contributed by atoms with van der Waals surface area (Å²) in [4.78, 5) is 19.8. The van der Waals surface area contributed by atoms with Crippen LogP contribution in [0.2, 0.25) is 0 Å². The van der Waals surface area contributed by atoms with Crippen LogP contribution in [0.3, 0.4) is 0 Å². The van der Waals surface area contributed by atoms with Crippen molar-refractivity contribution in [1.29, 1.82) is 0 Å². The van der Waals surface area contributed by atoms with Gasteiger partial charge in [0.2, 0.25) is 5.89 Å². The van der Waals surface area contributed by atoms with Crippen molar-refractivity contribution in [2.45, 2.75) is 20.3 Å². The first kappa shape index (κ1) is 14.0. The lowest BCUT2D eigenvalue weighted by Crippen LogP contribution is -2.10. The van der Waals surface area contributed by atoms with Gasteiger partial charge < -0.3 is 14.6 Å². The topological polar surface area (TPSA) is 90.1 Å². The monoisotopic (exact) mass is 276 g/mol. The number of hydrogen-bond acceptors (Lipinski definition) is 7. The summed E-state index contributed by atoms with van der Waals surface area (Å²) in [5.74, 6) is 1.50. The van der Waals surface area contributed by atoms with Crippen molar-refractivity contribution in [3.63, 3.8) is 0 Å². The van der Waals surface area contributed by atoms with Crippen molar-refractivity contribution < 1.29 is 14.1 Å². The minimum Gasteiger partial charge on any atom is -0.465 e. The number of ether oxygens (including phenoxy) is 1. The number of rotatable bonds is 5. The molecule has 0 unspecified atom stereocenters. The van der Waals surface area contributed by atoms with E-state index in [0.29, 0.717) is 41.8 Å². The second kappa shape index (κ2) is 6.14. The van der Waals surface area contributed by atoms with E-state index in [9.17, 15) is 4.79 Å². The van der Waals surface area contributed by atoms with Crippen molar-refractivity contribution >= 4 is 11.8 Å². The summed E-state index contributed by atoms with van der Waals surface area (Å²) in [6, 6.07) is 3.42. The zero-order chi connectivity index (χ0) is 14.5. The fourth-order valence-corrected chi connectivity index (χ4v) is 1.72. The molecule has 0 fully saturated rings. The summed E-state index contributed by atoms with van der Waals surface area (Å²) in [5, 5.41) is 6.85. The molecule has 0 bridgehead atoms. The van der Waals surface area contributed by atoms with Gasteiger partial charge in [0.05, 0.1) is 18.4 Å². The summed E-state index contributed by atoms with van der Waals surface area (Å²) in [7, 11) is 1.35. The predicted molar refractivity (Wildman–Crippen MR) is 71.5 cm³/mol. The predicted octanol–water partition coefficient (Wildman–Crippen LogP) is 1.52. The standard InChI is InChI=1S/C13H16N4O3/c1-8-10(13(18)19-3)4-5-11(15-8)14-7-6-12-16-9(2)17-20-12/h4-5H,6-7H2,1-3H3,(H,14,15). The lowest BCUT2D eigenvalue weighted by molar-refractivity contribution is 0.0599. The third-order valence-electron chi connectivity index (χ3n) is 2.71. The van der Waals surface area contributed by atoms with Crippen LogP contribution in [-0.2, 0) is 11.2 Å². The Morgan fingerprint density at radius 1 is 1.35 bits per heavy atom. The maximum absolute atomic E-state index is 11.4. The van der Waals surface area contributed by atoms with Crippen molar-refractivity contribution in [2.24, 2.45) is 0 Å². The first-order valence-corrected chi connectivity index (χ1v) is 6.19. The third-order valence-corrected chi connectivity index (χ3v) is 2.71. The van der Waals surface area contributed by atoms with Gasteiger partial charge in [0.15, 0.2) is 5.82 Å². The number of aryl methyl sites for hydroxylation is 2. The van der Waals surface area contributed by atoms with Crippen LogP contribution in [0.25, 0.3) is 0 Å². The van der Waals surface area contributed by atoms with Gasteiger partial charge in [-0.25, -0.2) is 9.78 Å². The first-order chi connectivity index (χ1) is 9.60. The molecule has 0 aromatic carbocycles. The highest BCUT2D eigenvalue weighted by molar-refractivity contribution is 5.90. The second-order valence-corrected chi connectivity index (χ2v) is 4.23. The molecule has 0 aliphatic rings. The minimum absolute atomic E-state index is 0.386. The molecule has 106 valence electrons. The lowest BCUT2D eigenvalue weighted by Gasteiger charge is -2.07. The van der Waals surface area contributed by atoms with E-state index in [2.05, 4.69) is 25.2 Å². The third kappa shape index (κ3) is 3.31. The molecule has 0 radical (unpaired) electrons. The summed E-state index contributed by atoms with van der Waals surface area (Å²) in [6.45, 7) is 4.15. The van der Waals surface area contributed by atoms with E-state index in [1.54, 1.807) is 26.0 Å². The Morgan fingerprint density at radius 2 is 2.15 bits per heavy atom. The molecule has 0 saturated carbocycles. The number of carbonyl (C=O) groups excluding carboxylic acids is 1. The van der Waals surface area contributed by atoms with E-state index in [-0.39, 0.29) is 5.97 Å². The molecule has 7 nitrogen and oxygen atoms in total. The largest absolute Gasteiger partial charge is 0.465 e. The van der Waals surface area contributed by atoms with Crippen molar-refractivity contribution in [2.75, 3.05) is 19.0 Å². The Bertz CT molecular complexity index is 609. The van der Waals surface area contributed by atoms with Gasteiger partial charge in [-0.3, -0.25) is 0 Å². The molecule has 0 aliphatic carbocycles. The fraction of sp³-hybridized carbons (Fsp3) is 0.385. The summed E-state index contributed by atoms with van der Waals surface area (Å²) in [5.41, 5.74) is 1.08. The number of esters is 1. The molecule has 20 heavy (non-hydrogen) atoms. The lowest BCUT2D eigenvalue weighted by atomic mass is 10.2. The quantitative estimate of drug-likeness (QED) is 0.828. The number of nitrogens with one attached hydrogen (secondary N) is 1. The van der Waals surface area contributed by atoms with Crippen LogP contribution < -0.4 is 5.32 Å². The molecule has 0 spiro atoms. The van der Waals surface area contributed by atoms with Crippen LogP contribution in [0.1, 0.15) is 27.8 Å². The molecule has 7 heteroatoms. The second-order valence-electron chi connectivity index (χ2n) is 4.23. The maximum atomic E-state index is 11.4. The Labute approximate surface area is 116 Å².